The Morgan fingerprint density at radius 3 is 2.38 bits per heavy atom. The number of benzene rings is 1. The standard InChI is InChI=1S/C15H21FN4O4/c1-15(2,3)24-14(23)19-7-6-18-13(22)20-9-4-5-11(16)10(8-9)12(17)21/h4-5,8H,6-7H2,1-3H3,(H2,17,21)(H,19,23)(H2,18,20,22). The van der Waals surface area contributed by atoms with Gasteiger partial charge in [-0.25, -0.2) is 14.0 Å². The van der Waals surface area contributed by atoms with Gasteiger partial charge in [0, 0.05) is 18.8 Å². The Morgan fingerprint density at radius 1 is 1.17 bits per heavy atom. The molecule has 4 amide bonds. The average Bonchev–Trinajstić information content (AvgIpc) is 2.43. The SMILES string of the molecule is CC(C)(C)OC(=O)NCCNC(=O)Nc1ccc(F)c(C(N)=O)c1. The van der Waals surface area contributed by atoms with E-state index in [0.29, 0.717) is 0 Å². The summed E-state index contributed by atoms with van der Waals surface area (Å²) in [6, 6.07) is 2.87. The van der Waals surface area contributed by atoms with Gasteiger partial charge < -0.3 is 26.4 Å². The number of anilines is 1. The van der Waals surface area contributed by atoms with Crippen LogP contribution in [0.3, 0.4) is 0 Å². The summed E-state index contributed by atoms with van der Waals surface area (Å²) in [6.45, 7) is 5.52. The largest absolute Gasteiger partial charge is 0.444 e. The molecule has 0 saturated heterocycles. The van der Waals surface area contributed by atoms with Gasteiger partial charge in [-0.2, -0.15) is 0 Å². The summed E-state index contributed by atoms with van der Waals surface area (Å²) >= 11 is 0. The predicted molar refractivity (Wildman–Crippen MR) is 86.2 cm³/mol. The zero-order valence-electron chi connectivity index (χ0n) is 13.7. The summed E-state index contributed by atoms with van der Waals surface area (Å²) in [5.41, 5.74) is 4.31. The zero-order valence-corrected chi connectivity index (χ0v) is 13.7. The molecule has 0 unspecified atom stereocenters. The molecule has 0 aliphatic heterocycles. The Labute approximate surface area is 138 Å². The second-order valence-corrected chi connectivity index (χ2v) is 5.87. The smallest absolute Gasteiger partial charge is 0.407 e. The van der Waals surface area contributed by atoms with Crippen LogP contribution in [0, 0.1) is 5.82 Å². The number of rotatable bonds is 5. The minimum atomic E-state index is -0.932. The highest BCUT2D eigenvalue weighted by Crippen LogP contribution is 2.14. The van der Waals surface area contributed by atoms with Gasteiger partial charge in [0.25, 0.3) is 5.91 Å². The van der Waals surface area contributed by atoms with Crippen molar-refractivity contribution in [2.75, 3.05) is 18.4 Å². The average molecular weight is 340 g/mol. The quantitative estimate of drug-likeness (QED) is 0.608. The van der Waals surface area contributed by atoms with Gasteiger partial charge in [0.2, 0.25) is 0 Å². The van der Waals surface area contributed by atoms with E-state index in [1.165, 1.54) is 6.07 Å². The van der Waals surface area contributed by atoms with Gasteiger partial charge in [-0.3, -0.25) is 4.79 Å². The van der Waals surface area contributed by atoms with Crippen LogP contribution in [0.25, 0.3) is 0 Å². The summed E-state index contributed by atoms with van der Waals surface area (Å²) in [5.74, 6) is -1.70. The fourth-order valence-electron chi connectivity index (χ4n) is 1.62. The van der Waals surface area contributed by atoms with E-state index in [2.05, 4.69) is 16.0 Å². The maximum absolute atomic E-state index is 13.3. The van der Waals surface area contributed by atoms with Crippen LogP contribution in [-0.4, -0.2) is 36.7 Å². The number of ether oxygens (including phenoxy) is 1. The number of primary amides is 1. The zero-order chi connectivity index (χ0) is 18.3. The number of halogens is 1. The van der Waals surface area contributed by atoms with Crippen molar-refractivity contribution in [3.8, 4) is 0 Å². The van der Waals surface area contributed by atoms with Crippen molar-refractivity contribution in [3.05, 3.63) is 29.6 Å². The molecule has 0 fully saturated rings. The molecule has 0 bridgehead atoms. The van der Waals surface area contributed by atoms with Crippen LogP contribution in [0.1, 0.15) is 31.1 Å². The van der Waals surface area contributed by atoms with Crippen molar-refractivity contribution in [2.24, 2.45) is 5.73 Å². The number of alkyl carbamates (subject to hydrolysis) is 1. The van der Waals surface area contributed by atoms with Crippen LogP contribution in [0.5, 0.6) is 0 Å². The lowest BCUT2D eigenvalue weighted by Crippen LogP contribution is -2.39. The van der Waals surface area contributed by atoms with E-state index >= 15 is 0 Å². The Hall–Kier alpha value is -2.84. The van der Waals surface area contributed by atoms with E-state index in [1.807, 2.05) is 0 Å². The van der Waals surface area contributed by atoms with Crippen LogP contribution in [0.4, 0.5) is 19.7 Å². The maximum Gasteiger partial charge on any atom is 0.407 e. The number of nitrogens with two attached hydrogens (primary N) is 1. The summed E-state index contributed by atoms with van der Waals surface area (Å²) < 4.78 is 18.3. The molecule has 9 heteroatoms. The van der Waals surface area contributed by atoms with Gasteiger partial charge in [0.1, 0.15) is 11.4 Å². The third-order valence-corrected chi connectivity index (χ3v) is 2.57. The topological polar surface area (TPSA) is 123 Å². The molecule has 24 heavy (non-hydrogen) atoms. The summed E-state index contributed by atoms with van der Waals surface area (Å²) in [5, 5.41) is 7.38. The molecule has 0 aromatic heterocycles. The van der Waals surface area contributed by atoms with Gasteiger partial charge in [0.15, 0.2) is 0 Å². The Morgan fingerprint density at radius 2 is 1.79 bits per heavy atom. The number of hydrogen-bond donors (Lipinski definition) is 4. The van der Waals surface area contributed by atoms with Crippen LogP contribution in [0.2, 0.25) is 0 Å². The molecule has 0 aliphatic rings. The lowest BCUT2D eigenvalue weighted by atomic mass is 10.2. The molecule has 1 rings (SSSR count). The highest BCUT2D eigenvalue weighted by molar-refractivity contribution is 5.96. The van der Waals surface area contributed by atoms with Crippen LogP contribution in [-0.2, 0) is 4.74 Å². The fourth-order valence-corrected chi connectivity index (χ4v) is 1.62. The number of urea groups is 1. The lowest BCUT2D eigenvalue weighted by Gasteiger charge is -2.19. The highest BCUT2D eigenvalue weighted by atomic mass is 19.1. The van der Waals surface area contributed by atoms with Crippen molar-refractivity contribution >= 4 is 23.7 Å². The molecule has 0 atom stereocenters. The second-order valence-electron chi connectivity index (χ2n) is 5.87. The van der Waals surface area contributed by atoms with E-state index in [0.717, 1.165) is 12.1 Å². The number of carbonyl (C=O) groups excluding carboxylic acids is 3. The molecule has 1 aromatic carbocycles. The summed E-state index contributed by atoms with van der Waals surface area (Å²) in [4.78, 5) is 34.1. The molecule has 0 heterocycles. The molecule has 8 nitrogen and oxygen atoms in total. The van der Waals surface area contributed by atoms with Crippen molar-refractivity contribution in [2.45, 2.75) is 26.4 Å². The molecule has 0 spiro atoms. The number of amides is 4. The van der Waals surface area contributed by atoms with Gasteiger partial charge in [-0.05, 0) is 39.0 Å². The van der Waals surface area contributed by atoms with Crippen LogP contribution >= 0.6 is 0 Å². The minimum absolute atomic E-state index is 0.148. The van der Waals surface area contributed by atoms with Gasteiger partial charge in [0.05, 0.1) is 5.56 Å². The molecule has 0 radical (unpaired) electrons. The van der Waals surface area contributed by atoms with E-state index in [1.54, 1.807) is 20.8 Å². The van der Waals surface area contributed by atoms with E-state index in [9.17, 15) is 18.8 Å². The predicted octanol–water partition coefficient (Wildman–Crippen LogP) is 1.57. The molecule has 1 aromatic rings. The molecule has 0 aliphatic carbocycles. The first-order valence-electron chi connectivity index (χ1n) is 7.19. The first-order chi connectivity index (χ1) is 11.1. The minimum Gasteiger partial charge on any atom is -0.444 e. The monoisotopic (exact) mass is 340 g/mol. The van der Waals surface area contributed by atoms with E-state index < -0.39 is 29.4 Å². The lowest BCUT2D eigenvalue weighted by molar-refractivity contribution is 0.0528. The van der Waals surface area contributed by atoms with E-state index in [4.69, 9.17) is 10.5 Å². The van der Waals surface area contributed by atoms with Crippen LogP contribution < -0.4 is 21.7 Å². The summed E-state index contributed by atoms with van der Waals surface area (Å²) in [6.07, 6.45) is -0.589. The third kappa shape index (κ3) is 6.95. The first-order valence-corrected chi connectivity index (χ1v) is 7.19. The number of carbonyl (C=O) groups is 3. The fraction of sp³-hybridized carbons (Fsp3) is 0.400. The Balaban J connectivity index is 2.38. The maximum atomic E-state index is 13.3. The summed E-state index contributed by atoms with van der Waals surface area (Å²) in [7, 11) is 0. The Bertz CT molecular complexity index is 628. The van der Waals surface area contributed by atoms with Crippen LogP contribution in [0.15, 0.2) is 18.2 Å². The van der Waals surface area contributed by atoms with E-state index in [-0.39, 0.29) is 24.3 Å². The van der Waals surface area contributed by atoms with Crippen molar-refractivity contribution in [3.63, 3.8) is 0 Å². The molecular weight excluding hydrogens is 319 g/mol. The molecule has 0 saturated carbocycles. The normalized spacial score (nSPS) is 10.7. The first kappa shape index (κ1) is 19.2. The third-order valence-electron chi connectivity index (χ3n) is 2.57. The number of nitrogens with one attached hydrogen (secondary N) is 3. The second kappa shape index (κ2) is 8.14. The van der Waals surface area contributed by atoms with Crippen molar-refractivity contribution in [1.29, 1.82) is 0 Å². The number of hydrogen-bond acceptors (Lipinski definition) is 4. The van der Waals surface area contributed by atoms with Crippen molar-refractivity contribution < 1.29 is 23.5 Å². The molecular formula is C15H21FN4O4. The van der Waals surface area contributed by atoms with Crippen molar-refractivity contribution in [1.82, 2.24) is 10.6 Å². The highest BCUT2D eigenvalue weighted by Gasteiger charge is 2.15. The Kier molecular flexibility index (Phi) is 6.51. The molecule has 5 N–H and O–H groups in total. The van der Waals surface area contributed by atoms with Gasteiger partial charge >= 0.3 is 12.1 Å². The van der Waals surface area contributed by atoms with Gasteiger partial charge in [-0.1, -0.05) is 0 Å². The van der Waals surface area contributed by atoms with Gasteiger partial charge in [-0.15, -0.1) is 0 Å². The molecule has 132 valence electrons.